The van der Waals surface area contributed by atoms with Gasteiger partial charge < -0.3 is 25.3 Å². The Kier molecular flexibility index (Phi) is 8.40. The number of benzene rings is 3. The molecule has 3 N–H and O–H groups in total. The maximum atomic E-state index is 14.2. The second-order valence-electron chi connectivity index (χ2n) is 14.3. The van der Waals surface area contributed by atoms with Crippen LogP contribution in [0, 0.1) is 35.4 Å². The Morgan fingerprint density at radius 2 is 1.71 bits per heavy atom. The molecule has 7 atom stereocenters. The van der Waals surface area contributed by atoms with E-state index in [-0.39, 0.29) is 35.1 Å². The molecule has 0 radical (unpaired) electrons. The van der Waals surface area contributed by atoms with Gasteiger partial charge in [-0.1, -0.05) is 41.1 Å². The molecule has 1 heterocycles. The fourth-order valence-electron chi connectivity index (χ4n) is 8.59. The molecule has 0 aromatic heterocycles. The summed E-state index contributed by atoms with van der Waals surface area (Å²) in [5.74, 6) is -2.64. The Labute approximate surface area is 291 Å². The summed E-state index contributed by atoms with van der Waals surface area (Å²) in [6.07, 6.45) is 1.45. The van der Waals surface area contributed by atoms with Crippen LogP contribution in [0.4, 0.5) is 23.2 Å². The van der Waals surface area contributed by atoms with Crippen LogP contribution in [-0.2, 0) is 15.8 Å². The standard InChI is InChI=1S/C39H37F4N3O5/c1-50-32-12-7-21(20-3-2-4-22(14-20)35-28-17-24(47)18-33(28)51-46-35)15-29(32)37(48)45-36-26-10-9-25(27(26)13-19-5-6-19)34(36)38(49)44-23-8-11-31(40)30(16-23)39(41,42)43/h2-4,7-8,11-16,19,24-26,28,33-34,36,47H,5-6,9-10,17-18H2,1H3,(H,44,49)(H,45,48)/b27-13-/t24?,25?,26?,28?,33?,34-,36+/m0/s1. The molecule has 3 aromatic carbocycles. The van der Waals surface area contributed by atoms with Crippen molar-refractivity contribution in [2.24, 2.45) is 34.7 Å². The quantitative estimate of drug-likeness (QED) is 0.171. The molecular formula is C39H37F4N3O5. The fourth-order valence-corrected chi connectivity index (χ4v) is 8.59. The van der Waals surface area contributed by atoms with Crippen LogP contribution in [0.1, 0.15) is 60.0 Å². The van der Waals surface area contributed by atoms with Gasteiger partial charge in [0.15, 0.2) is 0 Å². The molecule has 0 saturated heterocycles. The predicted molar refractivity (Wildman–Crippen MR) is 180 cm³/mol. The minimum absolute atomic E-state index is 0.00736. The van der Waals surface area contributed by atoms with Gasteiger partial charge >= 0.3 is 6.18 Å². The van der Waals surface area contributed by atoms with Crippen LogP contribution in [0.5, 0.6) is 5.75 Å². The molecule has 1 aliphatic heterocycles. The topological polar surface area (TPSA) is 109 Å². The molecule has 3 aromatic rings. The zero-order chi connectivity index (χ0) is 35.6. The summed E-state index contributed by atoms with van der Waals surface area (Å²) in [4.78, 5) is 33.7. The highest BCUT2D eigenvalue weighted by atomic mass is 19.4. The lowest BCUT2D eigenvalue weighted by Crippen LogP contribution is -2.48. The molecule has 8 rings (SSSR count). The van der Waals surface area contributed by atoms with E-state index in [0.717, 1.165) is 59.7 Å². The second kappa shape index (κ2) is 12.8. The lowest BCUT2D eigenvalue weighted by molar-refractivity contribution is -0.140. The number of aliphatic hydroxyl groups is 1. The van der Waals surface area contributed by atoms with Crippen LogP contribution in [-0.4, -0.2) is 48.0 Å². The highest BCUT2D eigenvalue weighted by Crippen LogP contribution is 2.54. The van der Waals surface area contributed by atoms with Crippen molar-refractivity contribution in [2.45, 2.75) is 63.0 Å². The Bertz CT molecular complexity index is 1960. The van der Waals surface area contributed by atoms with Gasteiger partial charge in [-0.15, -0.1) is 0 Å². The lowest BCUT2D eigenvalue weighted by Gasteiger charge is -2.30. The highest BCUT2D eigenvalue weighted by molar-refractivity contribution is 6.04. The van der Waals surface area contributed by atoms with E-state index < -0.39 is 47.4 Å². The van der Waals surface area contributed by atoms with Crippen molar-refractivity contribution < 1.29 is 41.8 Å². The van der Waals surface area contributed by atoms with Gasteiger partial charge in [0.1, 0.15) is 17.7 Å². The van der Waals surface area contributed by atoms with Crippen molar-refractivity contribution in [3.8, 4) is 16.9 Å². The number of amides is 2. The fraction of sp³-hybridized carbons (Fsp3) is 0.410. The van der Waals surface area contributed by atoms with Gasteiger partial charge in [0.2, 0.25) is 5.91 Å². The normalized spacial score (nSPS) is 28.7. The number of rotatable bonds is 8. The zero-order valence-corrected chi connectivity index (χ0v) is 27.8. The summed E-state index contributed by atoms with van der Waals surface area (Å²) < 4.78 is 59.9. The van der Waals surface area contributed by atoms with Crippen molar-refractivity contribution >= 4 is 23.2 Å². The van der Waals surface area contributed by atoms with E-state index in [4.69, 9.17) is 9.57 Å². The van der Waals surface area contributed by atoms with Gasteiger partial charge in [-0.25, -0.2) is 4.39 Å². The summed E-state index contributed by atoms with van der Waals surface area (Å²) in [5, 5.41) is 20.2. The van der Waals surface area contributed by atoms with E-state index in [9.17, 15) is 32.3 Å². The number of nitrogens with zero attached hydrogens (tertiary/aromatic N) is 1. The second-order valence-corrected chi connectivity index (χ2v) is 14.3. The van der Waals surface area contributed by atoms with E-state index in [0.29, 0.717) is 36.6 Å². The number of oxime groups is 1. The molecule has 2 bridgehead atoms. The minimum Gasteiger partial charge on any atom is -0.496 e. The van der Waals surface area contributed by atoms with Crippen LogP contribution in [0.3, 0.4) is 0 Å². The third-order valence-electron chi connectivity index (χ3n) is 11.1. The van der Waals surface area contributed by atoms with Gasteiger partial charge in [0.25, 0.3) is 5.91 Å². The number of aliphatic hydroxyl groups excluding tert-OH is 1. The van der Waals surface area contributed by atoms with E-state index >= 15 is 0 Å². The molecule has 12 heteroatoms. The monoisotopic (exact) mass is 703 g/mol. The number of anilines is 1. The van der Waals surface area contributed by atoms with Crippen molar-refractivity contribution in [3.05, 3.63) is 94.8 Å². The van der Waals surface area contributed by atoms with Crippen LogP contribution in [0.2, 0.25) is 0 Å². The zero-order valence-electron chi connectivity index (χ0n) is 27.8. The highest BCUT2D eigenvalue weighted by Gasteiger charge is 2.55. The van der Waals surface area contributed by atoms with Gasteiger partial charge in [-0.2, -0.15) is 13.2 Å². The average molecular weight is 704 g/mol. The Morgan fingerprint density at radius 1 is 0.941 bits per heavy atom. The molecule has 0 spiro atoms. The van der Waals surface area contributed by atoms with Crippen molar-refractivity contribution in [2.75, 3.05) is 12.4 Å². The van der Waals surface area contributed by atoms with E-state index in [2.05, 4.69) is 21.9 Å². The molecule has 266 valence electrons. The number of halogens is 4. The Morgan fingerprint density at radius 3 is 2.47 bits per heavy atom. The number of hydrogen-bond donors (Lipinski definition) is 3. The SMILES string of the molecule is COc1ccc(-c2cccc(C3=NOC4CC(O)CC34)c2)cc1C(=O)N[C@@H]1C2CCC(/C2=C/C2CC2)[C@@H]1C(=O)Nc1ccc(F)c(C(F)(F)F)c1. The summed E-state index contributed by atoms with van der Waals surface area (Å²) >= 11 is 0. The van der Waals surface area contributed by atoms with E-state index in [1.165, 1.54) is 7.11 Å². The van der Waals surface area contributed by atoms with Gasteiger partial charge in [-0.3, -0.25) is 9.59 Å². The lowest BCUT2D eigenvalue weighted by atomic mass is 9.83. The molecule has 2 amide bonds. The summed E-state index contributed by atoms with van der Waals surface area (Å²) in [6, 6.07) is 14.8. The first-order chi connectivity index (χ1) is 24.5. The minimum atomic E-state index is -4.93. The number of ether oxygens (including phenoxy) is 1. The molecule has 5 aliphatic rings. The molecule has 5 unspecified atom stereocenters. The number of methoxy groups -OCH3 is 1. The first-order valence-electron chi connectivity index (χ1n) is 17.4. The summed E-state index contributed by atoms with van der Waals surface area (Å²) in [5.41, 5.74) is 2.99. The molecule has 8 nitrogen and oxygen atoms in total. The maximum Gasteiger partial charge on any atom is 0.419 e. The number of allylic oxidation sites excluding steroid dienone is 1. The number of carbonyl (C=O) groups is 2. The molecule has 51 heavy (non-hydrogen) atoms. The number of nitrogens with one attached hydrogen (secondary N) is 2. The molecular weight excluding hydrogens is 666 g/mol. The van der Waals surface area contributed by atoms with Crippen LogP contribution in [0.25, 0.3) is 11.1 Å². The van der Waals surface area contributed by atoms with Crippen LogP contribution >= 0.6 is 0 Å². The van der Waals surface area contributed by atoms with E-state index in [1.807, 2.05) is 30.3 Å². The Hall–Kier alpha value is -4.71. The van der Waals surface area contributed by atoms with Crippen LogP contribution < -0.4 is 15.4 Å². The van der Waals surface area contributed by atoms with Gasteiger partial charge in [-0.05, 0) is 91.5 Å². The predicted octanol–water partition coefficient (Wildman–Crippen LogP) is 7.12. The first-order valence-corrected chi connectivity index (χ1v) is 17.4. The third-order valence-corrected chi connectivity index (χ3v) is 11.1. The van der Waals surface area contributed by atoms with Crippen molar-refractivity contribution in [1.29, 1.82) is 0 Å². The number of carbonyl (C=O) groups excluding carboxylic acids is 2. The van der Waals surface area contributed by atoms with Crippen molar-refractivity contribution in [1.82, 2.24) is 5.32 Å². The van der Waals surface area contributed by atoms with Crippen molar-refractivity contribution in [3.63, 3.8) is 0 Å². The number of alkyl halides is 3. The average Bonchev–Trinajstić information content (AvgIpc) is 3.39. The Balaban J connectivity index is 1.07. The summed E-state index contributed by atoms with van der Waals surface area (Å²) in [6.45, 7) is 0. The number of hydrogen-bond acceptors (Lipinski definition) is 6. The van der Waals surface area contributed by atoms with Gasteiger partial charge in [0.05, 0.1) is 36.0 Å². The molecule has 4 aliphatic carbocycles. The van der Waals surface area contributed by atoms with E-state index in [1.54, 1.807) is 12.1 Å². The smallest absolute Gasteiger partial charge is 0.419 e. The molecule has 4 saturated carbocycles. The maximum absolute atomic E-state index is 14.2. The molecule has 4 fully saturated rings. The number of fused-ring (bicyclic) bond motifs is 3. The van der Waals surface area contributed by atoms with Gasteiger partial charge in [0, 0.05) is 35.5 Å². The third kappa shape index (κ3) is 6.28. The summed E-state index contributed by atoms with van der Waals surface area (Å²) in [7, 11) is 1.47. The largest absolute Gasteiger partial charge is 0.496 e. The van der Waals surface area contributed by atoms with Crippen LogP contribution in [0.15, 0.2) is 77.5 Å². The first kappa shape index (κ1) is 33.4.